The molecule has 2 aliphatic rings. The zero-order chi connectivity index (χ0) is 24.7. The van der Waals surface area contributed by atoms with Gasteiger partial charge >= 0.3 is 0 Å². The van der Waals surface area contributed by atoms with Crippen molar-refractivity contribution >= 4 is 51.5 Å². The number of rotatable bonds is 6. The molecule has 2 saturated heterocycles. The topological polar surface area (TPSA) is 76.6 Å². The van der Waals surface area contributed by atoms with Gasteiger partial charge in [0.15, 0.2) is 17.3 Å². The van der Waals surface area contributed by atoms with Gasteiger partial charge < -0.3 is 19.7 Å². The van der Waals surface area contributed by atoms with Crippen molar-refractivity contribution in [3.63, 3.8) is 0 Å². The molecule has 2 aromatic carbocycles. The summed E-state index contributed by atoms with van der Waals surface area (Å²) in [6, 6.07) is 6.81. The maximum Gasteiger partial charge on any atom is 0.246 e. The van der Waals surface area contributed by atoms with Crippen LogP contribution in [-0.4, -0.2) is 46.1 Å². The highest BCUT2D eigenvalue weighted by molar-refractivity contribution is 6.42. The smallest absolute Gasteiger partial charge is 0.246 e. The van der Waals surface area contributed by atoms with E-state index >= 15 is 0 Å². The Kier molecular flexibility index (Phi) is 6.42. The second-order valence-electron chi connectivity index (χ2n) is 8.64. The summed E-state index contributed by atoms with van der Waals surface area (Å²) < 4.78 is 26.6. The third-order valence-corrected chi connectivity index (χ3v) is 7.40. The first-order chi connectivity index (χ1) is 16.9. The molecule has 10 heteroatoms. The molecule has 2 bridgehead atoms. The summed E-state index contributed by atoms with van der Waals surface area (Å²) in [4.78, 5) is 22.8. The Labute approximate surface area is 211 Å². The third kappa shape index (κ3) is 4.36. The van der Waals surface area contributed by atoms with E-state index in [-0.39, 0.29) is 39.8 Å². The number of ether oxygens (including phenoxy) is 2. The first-order valence-corrected chi connectivity index (χ1v) is 12.0. The Hall–Kier alpha value is -3.10. The number of hydrogen-bond donors (Lipinski definition) is 1. The van der Waals surface area contributed by atoms with Crippen molar-refractivity contribution in [3.8, 4) is 11.5 Å². The predicted octanol–water partition coefficient (Wildman–Crippen LogP) is 5.91. The van der Waals surface area contributed by atoms with E-state index in [0.29, 0.717) is 28.2 Å². The fourth-order valence-corrected chi connectivity index (χ4v) is 5.34. The van der Waals surface area contributed by atoms with Gasteiger partial charge in [-0.15, -0.1) is 0 Å². The molecule has 2 aliphatic heterocycles. The van der Waals surface area contributed by atoms with E-state index in [1.807, 2.05) is 4.90 Å². The van der Waals surface area contributed by atoms with Gasteiger partial charge in [0.25, 0.3) is 0 Å². The van der Waals surface area contributed by atoms with Gasteiger partial charge in [-0.2, -0.15) is 0 Å². The molecule has 35 heavy (non-hydrogen) atoms. The molecule has 7 nitrogen and oxygen atoms in total. The highest BCUT2D eigenvalue weighted by atomic mass is 35.5. The largest absolute Gasteiger partial charge is 0.493 e. The fourth-order valence-electron chi connectivity index (χ4n) is 5.03. The van der Waals surface area contributed by atoms with Crippen LogP contribution < -0.4 is 14.8 Å². The number of nitrogens with one attached hydrogen (secondary N) is 1. The van der Waals surface area contributed by atoms with Crippen LogP contribution in [0.2, 0.25) is 10.0 Å². The Balaban J connectivity index is 1.45. The molecule has 0 aliphatic carbocycles. The van der Waals surface area contributed by atoms with Crippen molar-refractivity contribution in [1.29, 1.82) is 0 Å². The molecule has 1 N–H and O–H groups in total. The summed E-state index contributed by atoms with van der Waals surface area (Å²) in [6.45, 7) is 3.63. The molecule has 0 radical (unpaired) electrons. The molecule has 182 valence electrons. The van der Waals surface area contributed by atoms with E-state index in [1.54, 1.807) is 19.2 Å². The number of carbonyl (C=O) groups is 1. The highest BCUT2D eigenvalue weighted by Gasteiger charge is 2.43. The van der Waals surface area contributed by atoms with Gasteiger partial charge in [0, 0.05) is 36.4 Å². The third-order valence-electron chi connectivity index (χ3n) is 6.62. The molecule has 0 spiro atoms. The molecule has 2 unspecified atom stereocenters. The first-order valence-electron chi connectivity index (χ1n) is 11.2. The van der Waals surface area contributed by atoms with Crippen LogP contribution in [0.25, 0.3) is 10.9 Å². The van der Waals surface area contributed by atoms with Crippen molar-refractivity contribution in [2.75, 3.05) is 12.4 Å². The average molecular weight is 517 g/mol. The lowest BCUT2D eigenvalue weighted by molar-refractivity contribution is -0.131. The molecule has 3 heterocycles. The number of aromatic nitrogens is 2. The first kappa shape index (κ1) is 23.6. The summed E-state index contributed by atoms with van der Waals surface area (Å²) in [6.07, 6.45) is 6.03. The molecule has 1 amide bonds. The van der Waals surface area contributed by atoms with Crippen LogP contribution in [0.4, 0.5) is 15.9 Å². The number of benzene rings is 2. The minimum absolute atomic E-state index is 0.0263. The SMILES string of the molecule is C=CC(=O)N1C2CC[C@H]1CC(Oc1cc3c(Nc4ccc(Cl)c(Cl)c4F)ncnc3cc1OC)C2. The monoisotopic (exact) mass is 516 g/mol. The average Bonchev–Trinajstić information content (AvgIpc) is 3.13. The molecule has 3 atom stereocenters. The summed E-state index contributed by atoms with van der Waals surface area (Å²) in [5, 5.41) is 3.56. The van der Waals surface area contributed by atoms with E-state index in [4.69, 9.17) is 32.7 Å². The van der Waals surface area contributed by atoms with E-state index in [1.165, 1.54) is 24.5 Å². The van der Waals surface area contributed by atoms with Gasteiger partial charge in [0.05, 0.1) is 28.4 Å². The number of amides is 1. The summed E-state index contributed by atoms with van der Waals surface area (Å²) in [5.41, 5.74) is 0.729. The Morgan fingerprint density at radius 2 is 1.94 bits per heavy atom. The fraction of sp³-hybridized carbons (Fsp3) is 0.320. The highest BCUT2D eigenvalue weighted by Crippen LogP contribution is 2.41. The van der Waals surface area contributed by atoms with Gasteiger partial charge in [0.2, 0.25) is 5.91 Å². The quantitative estimate of drug-likeness (QED) is 0.324. The second-order valence-corrected chi connectivity index (χ2v) is 9.42. The minimum atomic E-state index is -0.674. The normalized spacial score (nSPS) is 21.1. The molecule has 2 fully saturated rings. The standard InChI is InChI=1S/C25H23Cl2FN4O3/c1-3-22(33)32-13-4-5-14(32)9-15(8-13)35-21-10-16-19(11-20(21)34-2)29-12-30-25(16)31-18-7-6-17(26)23(27)24(18)28/h3,6-7,10-15H,1,4-5,8-9H2,2H3,(H,29,30,31)/t13-,14?,15?/m0/s1. The second kappa shape index (κ2) is 9.51. The van der Waals surface area contributed by atoms with Gasteiger partial charge in [0.1, 0.15) is 18.2 Å². The van der Waals surface area contributed by atoms with Crippen LogP contribution in [0.15, 0.2) is 43.2 Å². The number of methoxy groups -OCH3 is 1. The number of piperidine rings is 1. The number of nitrogens with zero attached hydrogens (tertiary/aromatic N) is 3. The zero-order valence-electron chi connectivity index (χ0n) is 18.9. The molecule has 5 rings (SSSR count). The van der Waals surface area contributed by atoms with Crippen LogP contribution in [0.3, 0.4) is 0 Å². The van der Waals surface area contributed by atoms with Gasteiger partial charge in [-0.05, 0) is 37.1 Å². The van der Waals surface area contributed by atoms with Crippen LogP contribution in [-0.2, 0) is 4.79 Å². The van der Waals surface area contributed by atoms with E-state index in [2.05, 4.69) is 21.9 Å². The lowest BCUT2D eigenvalue weighted by atomic mass is 9.99. The Morgan fingerprint density at radius 1 is 1.20 bits per heavy atom. The number of hydrogen-bond acceptors (Lipinski definition) is 6. The number of anilines is 2. The maximum absolute atomic E-state index is 14.6. The van der Waals surface area contributed by atoms with Crippen molar-refractivity contribution in [1.82, 2.24) is 14.9 Å². The number of carbonyl (C=O) groups excluding carboxylic acids is 1. The van der Waals surface area contributed by atoms with E-state index in [0.717, 1.165) is 25.7 Å². The minimum Gasteiger partial charge on any atom is -0.493 e. The zero-order valence-corrected chi connectivity index (χ0v) is 20.4. The maximum atomic E-state index is 14.6. The number of halogens is 3. The molecule has 0 saturated carbocycles. The van der Waals surface area contributed by atoms with Crippen molar-refractivity contribution in [2.45, 2.75) is 43.9 Å². The van der Waals surface area contributed by atoms with Gasteiger partial charge in [-0.25, -0.2) is 14.4 Å². The molecular formula is C25H23Cl2FN4O3. The van der Waals surface area contributed by atoms with Gasteiger partial charge in [-0.1, -0.05) is 29.8 Å². The number of fused-ring (bicyclic) bond motifs is 3. The lowest BCUT2D eigenvalue weighted by Crippen LogP contribution is -2.48. The van der Waals surface area contributed by atoms with Crippen molar-refractivity contribution in [3.05, 3.63) is 59.1 Å². The summed E-state index contributed by atoms with van der Waals surface area (Å²) in [5.74, 6) is 0.736. The van der Waals surface area contributed by atoms with Crippen molar-refractivity contribution in [2.24, 2.45) is 0 Å². The van der Waals surface area contributed by atoms with Crippen LogP contribution >= 0.6 is 23.2 Å². The van der Waals surface area contributed by atoms with E-state index in [9.17, 15) is 9.18 Å². The van der Waals surface area contributed by atoms with Crippen molar-refractivity contribution < 1.29 is 18.7 Å². The lowest BCUT2D eigenvalue weighted by Gasteiger charge is -2.38. The molecule has 1 aromatic heterocycles. The van der Waals surface area contributed by atoms with Crippen LogP contribution in [0.5, 0.6) is 11.5 Å². The summed E-state index contributed by atoms with van der Waals surface area (Å²) in [7, 11) is 1.56. The van der Waals surface area contributed by atoms with E-state index < -0.39 is 5.82 Å². The predicted molar refractivity (Wildman–Crippen MR) is 133 cm³/mol. The Morgan fingerprint density at radius 3 is 2.63 bits per heavy atom. The Bertz CT molecular complexity index is 1310. The molecule has 3 aromatic rings. The summed E-state index contributed by atoms with van der Waals surface area (Å²) >= 11 is 11.9. The van der Waals surface area contributed by atoms with Crippen LogP contribution in [0.1, 0.15) is 25.7 Å². The molecular weight excluding hydrogens is 494 g/mol. The van der Waals surface area contributed by atoms with Gasteiger partial charge in [-0.3, -0.25) is 4.79 Å². The van der Waals surface area contributed by atoms with Crippen LogP contribution in [0, 0.1) is 5.82 Å².